The number of rotatable bonds is 6. The Hall–Kier alpha value is -2.47. The predicted octanol–water partition coefficient (Wildman–Crippen LogP) is 2.52. The molecule has 0 aliphatic heterocycles. The Kier molecular flexibility index (Phi) is 4.76. The van der Waals surface area contributed by atoms with Crippen LogP contribution in [0.3, 0.4) is 0 Å². The fraction of sp³-hybridized carbons (Fsp3) is 0.389. The fourth-order valence-corrected chi connectivity index (χ4v) is 2.72. The largest absolute Gasteiger partial charge is 0.363 e. The molecule has 0 aliphatic rings. The van der Waals surface area contributed by atoms with E-state index >= 15 is 0 Å². The third-order valence-corrected chi connectivity index (χ3v) is 3.98. The summed E-state index contributed by atoms with van der Waals surface area (Å²) in [4.78, 5) is 13.5. The highest BCUT2D eigenvalue weighted by Gasteiger charge is 2.13. The number of hydrogen-bond acceptors (Lipinski definition) is 5. The lowest BCUT2D eigenvalue weighted by atomic mass is 10.2. The lowest BCUT2D eigenvalue weighted by molar-refractivity contribution is 0.264. The van der Waals surface area contributed by atoms with E-state index in [4.69, 9.17) is 0 Å². The van der Waals surface area contributed by atoms with Crippen molar-refractivity contribution in [3.8, 4) is 0 Å². The Bertz CT molecular complexity index is 809. The summed E-state index contributed by atoms with van der Waals surface area (Å²) in [6.07, 6.45) is 0. The van der Waals surface area contributed by atoms with Crippen LogP contribution in [0.15, 0.2) is 36.4 Å². The summed E-state index contributed by atoms with van der Waals surface area (Å²) in [7, 11) is 4.01. The molecular weight excluding hydrogens is 300 g/mol. The van der Waals surface area contributed by atoms with Crippen molar-refractivity contribution in [2.24, 2.45) is 0 Å². The Morgan fingerprint density at radius 1 is 1.04 bits per heavy atom. The number of aryl methyl sites for hydroxylation is 1. The number of benzene rings is 1. The van der Waals surface area contributed by atoms with Gasteiger partial charge < -0.3 is 4.90 Å². The Labute approximate surface area is 142 Å². The van der Waals surface area contributed by atoms with Gasteiger partial charge in [0, 0.05) is 32.4 Å². The van der Waals surface area contributed by atoms with Gasteiger partial charge in [-0.3, -0.25) is 4.90 Å². The summed E-state index contributed by atoms with van der Waals surface area (Å²) in [5, 5.41) is 4.66. The van der Waals surface area contributed by atoms with Crippen molar-refractivity contribution < 1.29 is 0 Å². The van der Waals surface area contributed by atoms with Gasteiger partial charge >= 0.3 is 0 Å². The van der Waals surface area contributed by atoms with E-state index in [0.717, 1.165) is 30.4 Å². The smallest absolute Gasteiger partial charge is 0.254 e. The first-order valence-corrected chi connectivity index (χ1v) is 8.23. The Morgan fingerprint density at radius 3 is 2.46 bits per heavy atom. The van der Waals surface area contributed by atoms with Crippen molar-refractivity contribution in [1.82, 2.24) is 24.5 Å². The van der Waals surface area contributed by atoms with Crippen molar-refractivity contribution in [3.05, 3.63) is 53.5 Å². The van der Waals surface area contributed by atoms with Crippen LogP contribution in [0, 0.1) is 6.92 Å². The summed E-state index contributed by atoms with van der Waals surface area (Å²) in [6.45, 7) is 6.68. The molecule has 2 heterocycles. The van der Waals surface area contributed by atoms with E-state index < -0.39 is 0 Å². The minimum atomic E-state index is 0.657. The number of fused-ring (bicyclic) bond motifs is 1. The maximum absolute atomic E-state index is 4.66. The molecule has 0 radical (unpaired) electrons. The molecule has 0 N–H and O–H groups in total. The van der Waals surface area contributed by atoms with Crippen LogP contribution in [0.25, 0.3) is 5.78 Å². The first-order chi connectivity index (χ1) is 11.6. The predicted molar refractivity (Wildman–Crippen MR) is 96.1 cm³/mol. The zero-order valence-electron chi connectivity index (χ0n) is 14.8. The molecule has 3 rings (SSSR count). The van der Waals surface area contributed by atoms with E-state index in [1.807, 2.05) is 42.6 Å². The maximum Gasteiger partial charge on any atom is 0.254 e. The zero-order chi connectivity index (χ0) is 17.1. The van der Waals surface area contributed by atoms with Crippen LogP contribution in [-0.2, 0) is 13.1 Å². The zero-order valence-corrected chi connectivity index (χ0v) is 14.8. The van der Waals surface area contributed by atoms with Gasteiger partial charge in [-0.1, -0.05) is 37.3 Å². The summed E-state index contributed by atoms with van der Waals surface area (Å²) >= 11 is 0. The van der Waals surface area contributed by atoms with Crippen molar-refractivity contribution in [2.75, 3.05) is 25.5 Å². The molecule has 1 aromatic carbocycles. The maximum atomic E-state index is 4.66. The van der Waals surface area contributed by atoms with E-state index in [1.54, 1.807) is 0 Å². The molecule has 0 saturated heterocycles. The second-order valence-corrected chi connectivity index (χ2v) is 6.18. The topological polar surface area (TPSA) is 49.6 Å². The molecule has 0 atom stereocenters. The number of anilines is 1. The molecule has 0 spiro atoms. The van der Waals surface area contributed by atoms with Crippen LogP contribution >= 0.6 is 0 Å². The van der Waals surface area contributed by atoms with E-state index in [1.165, 1.54) is 5.56 Å². The summed E-state index contributed by atoms with van der Waals surface area (Å²) in [5.74, 6) is 2.45. The molecule has 0 amide bonds. The first kappa shape index (κ1) is 16.4. The van der Waals surface area contributed by atoms with Crippen molar-refractivity contribution in [3.63, 3.8) is 0 Å². The molecule has 6 nitrogen and oxygen atoms in total. The summed E-state index contributed by atoms with van der Waals surface area (Å²) in [5.41, 5.74) is 2.24. The van der Waals surface area contributed by atoms with Crippen LogP contribution in [0.2, 0.25) is 0 Å². The van der Waals surface area contributed by atoms with Crippen molar-refractivity contribution >= 4 is 11.6 Å². The van der Waals surface area contributed by atoms with Crippen LogP contribution in [0.1, 0.15) is 24.0 Å². The SMILES string of the molecule is CCN(Cc1ccccc1)Cc1nc2nc(C)cc(N(C)C)n2n1. The van der Waals surface area contributed by atoms with Gasteiger partial charge in [0.15, 0.2) is 5.82 Å². The third-order valence-electron chi connectivity index (χ3n) is 3.98. The molecule has 0 aliphatic carbocycles. The van der Waals surface area contributed by atoms with Crippen molar-refractivity contribution in [2.45, 2.75) is 26.9 Å². The van der Waals surface area contributed by atoms with E-state index in [9.17, 15) is 0 Å². The molecule has 0 saturated carbocycles. The second-order valence-electron chi connectivity index (χ2n) is 6.18. The second kappa shape index (κ2) is 6.97. The van der Waals surface area contributed by atoms with Crippen LogP contribution < -0.4 is 4.90 Å². The highest BCUT2D eigenvalue weighted by molar-refractivity contribution is 5.46. The van der Waals surface area contributed by atoms with Gasteiger partial charge in [-0.25, -0.2) is 4.98 Å². The molecule has 24 heavy (non-hydrogen) atoms. The minimum absolute atomic E-state index is 0.657. The summed E-state index contributed by atoms with van der Waals surface area (Å²) in [6, 6.07) is 12.5. The average molecular weight is 324 g/mol. The number of nitrogens with zero attached hydrogens (tertiary/aromatic N) is 6. The van der Waals surface area contributed by atoms with Gasteiger partial charge in [0.1, 0.15) is 5.82 Å². The van der Waals surface area contributed by atoms with Gasteiger partial charge in [0.25, 0.3) is 5.78 Å². The Balaban J connectivity index is 1.85. The average Bonchev–Trinajstić information content (AvgIpc) is 2.96. The minimum Gasteiger partial charge on any atom is -0.363 e. The standard InChI is InChI=1S/C18H24N6/c1-5-23(12-15-9-7-6-8-10-15)13-16-20-18-19-14(2)11-17(22(3)4)24(18)21-16/h6-11H,5,12-13H2,1-4H3. The van der Waals surface area contributed by atoms with Gasteiger partial charge in [-0.05, 0) is 19.0 Å². The fourth-order valence-electron chi connectivity index (χ4n) is 2.72. The van der Waals surface area contributed by atoms with Gasteiger partial charge in [0.2, 0.25) is 0 Å². The van der Waals surface area contributed by atoms with Gasteiger partial charge in [-0.2, -0.15) is 9.50 Å². The lowest BCUT2D eigenvalue weighted by Gasteiger charge is -2.18. The van der Waals surface area contributed by atoms with Crippen molar-refractivity contribution in [1.29, 1.82) is 0 Å². The van der Waals surface area contributed by atoms with E-state index in [2.05, 4.69) is 51.2 Å². The van der Waals surface area contributed by atoms with E-state index in [0.29, 0.717) is 12.3 Å². The van der Waals surface area contributed by atoms with Crippen LogP contribution in [0.4, 0.5) is 5.82 Å². The van der Waals surface area contributed by atoms with Crippen LogP contribution in [0.5, 0.6) is 0 Å². The lowest BCUT2D eigenvalue weighted by Crippen LogP contribution is -2.23. The van der Waals surface area contributed by atoms with Crippen LogP contribution in [-0.4, -0.2) is 45.1 Å². The number of aromatic nitrogens is 4. The van der Waals surface area contributed by atoms with Gasteiger partial charge in [0.05, 0.1) is 6.54 Å². The van der Waals surface area contributed by atoms with E-state index in [-0.39, 0.29) is 0 Å². The highest BCUT2D eigenvalue weighted by atomic mass is 15.4. The third kappa shape index (κ3) is 3.54. The first-order valence-electron chi connectivity index (χ1n) is 8.23. The number of hydrogen-bond donors (Lipinski definition) is 0. The quantitative estimate of drug-likeness (QED) is 0.697. The molecular formula is C18H24N6. The molecule has 3 aromatic rings. The molecule has 0 fully saturated rings. The highest BCUT2D eigenvalue weighted by Crippen LogP contribution is 2.15. The summed E-state index contributed by atoms with van der Waals surface area (Å²) < 4.78 is 1.82. The van der Waals surface area contributed by atoms with Gasteiger partial charge in [-0.15, -0.1) is 5.10 Å². The normalized spacial score (nSPS) is 11.4. The molecule has 2 aromatic heterocycles. The molecule has 6 heteroatoms. The molecule has 0 bridgehead atoms. The molecule has 126 valence electrons. The monoisotopic (exact) mass is 324 g/mol. The Morgan fingerprint density at radius 2 is 1.79 bits per heavy atom. The molecule has 0 unspecified atom stereocenters.